The van der Waals surface area contributed by atoms with E-state index in [9.17, 15) is 4.79 Å². The number of anilines is 1. The SMILES string of the molecule is COc1ccc2sc(N(CCN3CCOCC3)C(=O)c3ccccc3Cl)nc2c1. The summed E-state index contributed by atoms with van der Waals surface area (Å²) < 4.78 is 11.7. The Labute approximate surface area is 178 Å². The number of amides is 1. The second kappa shape index (κ2) is 9.09. The molecule has 3 aromatic rings. The predicted octanol–water partition coefficient (Wildman–Crippen LogP) is 3.94. The van der Waals surface area contributed by atoms with Gasteiger partial charge in [-0.3, -0.25) is 14.6 Å². The van der Waals surface area contributed by atoms with E-state index in [1.54, 1.807) is 24.1 Å². The molecule has 0 unspecified atom stereocenters. The number of aromatic nitrogens is 1. The maximum atomic E-state index is 13.4. The van der Waals surface area contributed by atoms with Crippen LogP contribution in [0.15, 0.2) is 42.5 Å². The largest absolute Gasteiger partial charge is 0.497 e. The Morgan fingerprint density at radius 1 is 1.28 bits per heavy atom. The first-order valence-electron chi connectivity index (χ1n) is 9.47. The van der Waals surface area contributed by atoms with Gasteiger partial charge in [0.05, 0.1) is 41.1 Å². The zero-order valence-electron chi connectivity index (χ0n) is 16.1. The van der Waals surface area contributed by atoms with Gasteiger partial charge in [0, 0.05) is 32.2 Å². The lowest BCUT2D eigenvalue weighted by Crippen LogP contribution is -2.43. The molecule has 0 aliphatic carbocycles. The fourth-order valence-electron chi connectivity index (χ4n) is 3.27. The zero-order chi connectivity index (χ0) is 20.2. The number of ether oxygens (including phenoxy) is 2. The lowest BCUT2D eigenvalue weighted by molar-refractivity contribution is 0.0391. The van der Waals surface area contributed by atoms with Crippen molar-refractivity contribution in [3.05, 3.63) is 53.1 Å². The fraction of sp³-hybridized carbons (Fsp3) is 0.333. The summed E-state index contributed by atoms with van der Waals surface area (Å²) in [6, 6.07) is 12.9. The van der Waals surface area contributed by atoms with Crippen molar-refractivity contribution in [2.75, 3.05) is 51.4 Å². The van der Waals surface area contributed by atoms with Gasteiger partial charge in [-0.25, -0.2) is 4.98 Å². The van der Waals surface area contributed by atoms with Gasteiger partial charge in [-0.05, 0) is 24.3 Å². The molecule has 6 nitrogen and oxygen atoms in total. The highest BCUT2D eigenvalue weighted by Gasteiger charge is 2.24. The third kappa shape index (κ3) is 4.53. The molecule has 0 bridgehead atoms. The van der Waals surface area contributed by atoms with Crippen molar-refractivity contribution in [2.24, 2.45) is 0 Å². The number of nitrogens with zero attached hydrogens (tertiary/aromatic N) is 3. The molecule has 0 N–H and O–H groups in total. The van der Waals surface area contributed by atoms with Crippen LogP contribution in [0, 0.1) is 0 Å². The zero-order valence-corrected chi connectivity index (χ0v) is 17.7. The summed E-state index contributed by atoms with van der Waals surface area (Å²) in [5.41, 5.74) is 1.29. The summed E-state index contributed by atoms with van der Waals surface area (Å²) >= 11 is 7.80. The molecule has 0 saturated carbocycles. The number of fused-ring (bicyclic) bond motifs is 1. The van der Waals surface area contributed by atoms with Gasteiger partial charge >= 0.3 is 0 Å². The fourth-order valence-corrected chi connectivity index (χ4v) is 4.45. The van der Waals surface area contributed by atoms with Gasteiger partial charge in [0.15, 0.2) is 5.13 Å². The Balaban J connectivity index is 1.65. The number of methoxy groups -OCH3 is 1. The van der Waals surface area contributed by atoms with Gasteiger partial charge in [-0.2, -0.15) is 0 Å². The Kier molecular flexibility index (Phi) is 6.30. The number of carbonyl (C=O) groups is 1. The Morgan fingerprint density at radius 2 is 2.07 bits per heavy atom. The second-order valence-electron chi connectivity index (χ2n) is 6.72. The molecule has 152 valence electrons. The molecule has 0 radical (unpaired) electrons. The van der Waals surface area contributed by atoms with E-state index < -0.39 is 0 Å². The molecule has 2 aromatic carbocycles. The van der Waals surface area contributed by atoms with Crippen LogP contribution in [0.1, 0.15) is 10.4 Å². The van der Waals surface area contributed by atoms with E-state index in [0.717, 1.165) is 48.8 Å². The van der Waals surface area contributed by atoms with Crippen LogP contribution >= 0.6 is 22.9 Å². The number of thiazole rings is 1. The molecular formula is C21H22ClN3O3S. The lowest BCUT2D eigenvalue weighted by atomic mass is 10.2. The molecule has 1 aromatic heterocycles. The van der Waals surface area contributed by atoms with Crippen molar-refractivity contribution in [2.45, 2.75) is 0 Å². The first-order valence-corrected chi connectivity index (χ1v) is 10.7. The lowest BCUT2D eigenvalue weighted by Gasteiger charge is -2.29. The van der Waals surface area contributed by atoms with Crippen molar-refractivity contribution in [1.82, 2.24) is 9.88 Å². The summed E-state index contributed by atoms with van der Waals surface area (Å²) in [4.78, 5) is 22.1. The monoisotopic (exact) mass is 431 g/mol. The van der Waals surface area contributed by atoms with Crippen molar-refractivity contribution in [1.29, 1.82) is 0 Å². The Hall–Kier alpha value is -2.19. The van der Waals surface area contributed by atoms with Crippen molar-refractivity contribution in [3.8, 4) is 5.75 Å². The molecule has 0 atom stereocenters. The smallest absolute Gasteiger partial charge is 0.261 e. The quantitative estimate of drug-likeness (QED) is 0.591. The number of benzene rings is 2. The summed E-state index contributed by atoms with van der Waals surface area (Å²) in [5.74, 6) is 0.599. The normalized spacial score (nSPS) is 14.8. The third-order valence-electron chi connectivity index (χ3n) is 4.91. The minimum absolute atomic E-state index is 0.144. The molecule has 0 spiro atoms. The Bertz CT molecular complexity index is 1000. The minimum atomic E-state index is -0.144. The highest BCUT2D eigenvalue weighted by atomic mass is 35.5. The van der Waals surface area contributed by atoms with Crippen molar-refractivity contribution < 1.29 is 14.3 Å². The molecule has 1 amide bonds. The first-order chi connectivity index (χ1) is 14.2. The standard InChI is InChI=1S/C21H22ClN3O3S/c1-27-15-6-7-19-18(14-15)23-21(29-19)25(9-8-24-10-12-28-13-11-24)20(26)16-4-2-3-5-17(16)22/h2-7,14H,8-13H2,1H3. The molecule has 1 saturated heterocycles. The maximum absolute atomic E-state index is 13.4. The van der Waals surface area contributed by atoms with Crippen LogP contribution in [0.2, 0.25) is 5.02 Å². The van der Waals surface area contributed by atoms with Gasteiger partial charge in [0.2, 0.25) is 0 Å². The van der Waals surface area contributed by atoms with E-state index in [-0.39, 0.29) is 5.91 Å². The predicted molar refractivity (Wildman–Crippen MR) is 117 cm³/mol. The van der Waals surface area contributed by atoms with E-state index in [2.05, 4.69) is 4.90 Å². The number of hydrogen-bond acceptors (Lipinski definition) is 6. The average molecular weight is 432 g/mol. The molecular weight excluding hydrogens is 410 g/mol. The number of hydrogen-bond donors (Lipinski definition) is 0. The Morgan fingerprint density at radius 3 is 2.83 bits per heavy atom. The molecule has 29 heavy (non-hydrogen) atoms. The third-order valence-corrected chi connectivity index (χ3v) is 6.30. The number of morpholine rings is 1. The summed E-state index contributed by atoms with van der Waals surface area (Å²) in [6.45, 7) is 4.45. The average Bonchev–Trinajstić information content (AvgIpc) is 3.17. The number of rotatable bonds is 6. The van der Waals surface area contributed by atoms with E-state index in [1.165, 1.54) is 11.3 Å². The molecule has 1 fully saturated rings. The van der Waals surface area contributed by atoms with E-state index >= 15 is 0 Å². The highest BCUT2D eigenvalue weighted by Crippen LogP contribution is 2.32. The molecule has 8 heteroatoms. The van der Waals surface area contributed by atoms with Crippen molar-refractivity contribution in [3.63, 3.8) is 0 Å². The van der Waals surface area contributed by atoms with E-state index in [4.69, 9.17) is 26.1 Å². The van der Waals surface area contributed by atoms with Gasteiger partial charge in [-0.15, -0.1) is 0 Å². The van der Waals surface area contributed by atoms with Gasteiger partial charge in [0.1, 0.15) is 5.75 Å². The van der Waals surface area contributed by atoms with Crippen LogP contribution in [0.25, 0.3) is 10.2 Å². The number of carbonyl (C=O) groups excluding carboxylic acids is 1. The summed E-state index contributed by atoms with van der Waals surface area (Å²) in [6.07, 6.45) is 0. The van der Waals surface area contributed by atoms with Crippen LogP contribution in [-0.4, -0.2) is 62.3 Å². The van der Waals surface area contributed by atoms with Gasteiger partial charge in [0.25, 0.3) is 5.91 Å². The molecule has 1 aliphatic rings. The molecule has 1 aliphatic heterocycles. The maximum Gasteiger partial charge on any atom is 0.261 e. The summed E-state index contributed by atoms with van der Waals surface area (Å²) in [7, 11) is 1.63. The van der Waals surface area contributed by atoms with Crippen LogP contribution in [0.4, 0.5) is 5.13 Å². The molecule has 2 heterocycles. The number of halogens is 1. The minimum Gasteiger partial charge on any atom is -0.497 e. The van der Waals surface area contributed by atoms with Crippen molar-refractivity contribution >= 4 is 44.2 Å². The second-order valence-corrected chi connectivity index (χ2v) is 8.14. The van der Waals surface area contributed by atoms with Crippen LogP contribution < -0.4 is 9.64 Å². The van der Waals surface area contributed by atoms with Crippen LogP contribution in [0.3, 0.4) is 0 Å². The van der Waals surface area contributed by atoms with Crippen LogP contribution in [0.5, 0.6) is 5.75 Å². The molecule has 4 rings (SSSR count). The van der Waals surface area contributed by atoms with E-state index in [0.29, 0.717) is 22.3 Å². The van der Waals surface area contributed by atoms with Gasteiger partial charge in [-0.1, -0.05) is 35.1 Å². The van der Waals surface area contributed by atoms with Crippen LogP contribution in [-0.2, 0) is 4.74 Å². The topological polar surface area (TPSA) is 54.9 Å². The summed E-state index contributed by atoms with van der Waals surface area (Å²) in [5, 5.41) is 1.10. The van der Waals surface area contributed by atoms with E-state index in [1.807, 2.05) is 30.3 Å². The van der Waals surface area contributed by atoms with Gasteiger partial charge < -0.3 is 9.47 Å². The highest BCUT2D eigenvalue weighted by molar-refractivity contribution is 7.22. The first kappa shape index (κ1) is 20.1.